The Bertz CT molecular complexity index is 775. The minimum Gasteiger partial charge on any atom is -0.399 e. The Labute approximate surface area is 118 Å². The summed E-state index contributed by atoms with van der Waals surface area (Å²) in [7, 11) is 0. The molecule has 0 unspecified atom stereocenters. The van der Waals surface area contributed by atoms with E-state index in [0.717, 1.165) is 17.8 Å². The Morgan fingerprint density at radius 3 is 2.38 bits per heavy atom. The molecule has 3 aromatic rings. The van der Waals surface area contributed by atoms with Crippen LogP contribution in [0, 0.1) is 0 Å². The number of rotatable bonds is 2. The molecule has 0 aliphatic rings. The molecular formula is C14H11F3N4. The van der Waals surface area contributed by atoms with Gasteiger partial charge in [-0.15, -0.1) is 10.2 Å². The zero-order valence-corrected chi connectivity index (χ0v) is 10.8. The van der Waals surface area contributed by atoms with Crippen LogP contribution in [0.15, 0.2) is 42.6 Å². The van der Waals surface area contributed by atoms with Crippen LogP contribution >= 0.6 is 0 Å². The lowest BCUT2D eigenvalue weighted by molar-refractivity contribution is -0.137. The van der Waals surface area contributed by atoms with Gasteiger partial charge in [-0.05, 0) is 29.8 Å². The van der Waals surface area contributed by atoms with E-state index in [2.05, 4.69) is 10.2 Å². The topological polar surface area (TPSA) is 56.2 Å². The second-order valence-corrected chi connectivity index (χ2v) is 4.68. The number of fused-ring (bicyclic) bond motifs is 1. The predicted octanol–water partition coefficient (Wildman–Crippen LogP) is 2.92. The highest BCUT2D eigenvalue weighted by Gasteiger charge is 2.31. The number of hydrogen-bond acceptors (Lipinski definition) is 3. The van der Waals surface area contributed by atoms with Crippen LogP contribution in [0.25, 0.3) is 5.65 Å². The Kier molecular flexibility index (Phi) is 3.04. The number of aromatic nitrogens is 3. The van der Waals surface area contributed by atoms with E-state index in [0.29, 0.717) is 23.6 Å². The van der Waals surface area contributed by atoms with E-state index in [1.807, 2.05) is 12.1 Å². The third-order valence-electron chi connectivity index (χ3n) is 3.14. The molecule has 0 radical (unpaired) electrons. The molecule has 0 bridgehead atoms. The van der Waals surface area contributed by atoms with Gasteiger partial charge >= 0.3 is 6.18 Å². The molecule has 0 amide bonds. The van der Waals surface area contributed by atoms with Gasteiger partial charge in [0.15, 0.2) is 5.65 Å². The van der Waals surface area contributed by atoms with Gasteiger partial charge in [-0.2, -0.15) is 13.2 Å². The molecule has 4 nitrogen and oxygen atoms in total. The van der Waals surface area contributed by atoms with Gasteiger partial charge in [0, 0.05) is 18.3 Å². The highest BCUT2D eigenvalue weighted by atomic mass is 19.4. The van der Waals surface area contributed by atoms with Gasteiger partial charge in [0.25, 0.3) is 0 Å². The van der Waals surface area contributed by atoms with Crippen LogP contribution in [0.2, 0.25) is 0 Å². The molecule has 0 saturated carbocycles. The molecule has 0 spiro atoms. The van der Waals surface area contributed by atoms with Gasteiger partial charge in [0.2, 0.25) is 0 Å². The smallest absolute Gasteiger partial charge is 0.399 e. The Balaban J connectivity index is 2.00. The van der Waals surface area contributed by atoms with E-state index >= 15 is 0 Å². The van der Waals surface area contributed by atoms with Crippen molar-refractivity contribution in [1.82, 2.24) is 14.6 Å². The Hall–Kier alpha value is -2.57. The third-order valence-corrected chi connectivity index (χ3v) is 3.14. The molecule has 3 rings (SSSR count). The normalized spacial score (nSPS) is 12.0. The molecule has 21 heavy (non-hydrogen) atoms. The summed E-state index contributed by atoms with van der Waals surface area (Å²) in [6, 6.07) is 9.40. The summed E-state index contributed by atoms with van der Waals surface area (Å²) in [4.78, 5) is 0. The first-order valence-corrected chi connectivity index (χ1v) is 6.19. The number of anilines is 1. The molecule has 0 fully saturated rings. The van der Waals surface area contributed by atoms with Crippen molar-refractivity contribution in [2.45, 2.75) is 12.6 Å². The van der Waals surface area contributed by atoms with Crippen LogP contribution in [0.1, 0.15) is 17.0 Å². The van der Waals surface area contributed by atoms with Gasteiger partial charge < -0.3 is 5.73 Å². The fraction of sp³-hybridized carbons (Fsp3) is 0.143. The second-order valence-electron chi connectivity index (χ2n) is 4.68. The van der Waals surface area contributed by atoms with E-state index in [4.69, 9.17) is 5.73 Å². The van der Waals surface area contributed by atoms with Crippen LogP contribution < -0.4 is 5.73 Å². The monoisotopic (exact) mass is 292 g/mol. The number of nitrogens with two attached hydrogens (primary N) is 1. The largest absolute Gasteiger partial charge is 0.417 e. The predicted molar refractivity (Wildman–Crippen MR) is 71.6 cm³/mol. The quantitative estimate of drug-likeness (QED) is 0.739. The van der Waals surface area contributed by atoms with Crippen molar-refractivity contribution in [2.75, 3.05) is 5.73 Å². The Morgan fingerprint density at radius 1 is 1.00 bits per heavy atom. The maximum absolute atomic E-state index is 12.8. The average molecular weight is 292 g/mol. The van der Waals surface area contributed by atoms with Crippen molar-refractivity contribution in [3.63, 3.8) is 0 Å². The summed E-state index contributed by atoms with van der Waals surface area (Å²) in [5.74, 6) is 0.445. The second kappa shape index (κ2) is 4.76. The van der Waals surface area contributed by atoms with Gasteiger partial charge in [-0.3, -0.25) is 4.40 Å². The van der Waals surface area contributed by atoms with Gasteiger partial charge in [0.1, 0.15) is 5.82 Å². The lowest BCUT2D eigenvalue weighted by Gasteiger charge is -2.07. The molecule has 7 heteroatoms. The third kappa shape index (κ3) is 2.67. The van der Waals surface area contributed by atoms with Crippen molar-refractivity contribution in [3.8, 4) is 0 Å². The number of alkyl halides is 3. The maximum atomic E-state index is 12.8. The van der Waals surface area contributed by atoms with Crippen LogP contribution in [-0.2, 0) is 12.6 Å². The molecule has 0 aliphatic carbocycles. The van der Waals surface area contributed by atoms with Gasteiger partial charge in [-0.1, -0.05) is 12.1 Å². The van der Waals surface area contributed by atoms with Crippen LogP contribution in [0.4, 0.5) is 18.9 Å². The molecule has 0 atom stereocenters. The van der Waals surface area contributed by atoms with Crippen molar-refractivity contribution >= 4 is 11.3 Å². The highest BCUT2D eigenvalue weighted by Crippen LogP contribution is 2.29. The van der Waals surface area contributed by atoms with Gasteiger partial charge in [-0.25, -0.2) is 0 Å². The number of nitrogens with zero attached hydrogens (tertiary/aromatic N) is 3. The molecule has 2 aromatic heterocycles. The van der Waals surface area contributed by atoms with E-state index < -0.39 is 11.7 Å². The minimum atomic E-state index is -4.39. The van der Waals surface area contributed by atoms with E-state index in [9.17, 15) is 13.2 Å². The van der Waals surface area contributed by atoms with Crippen LogP contribution in [0.5, 0.6) is 0 Å². The maximum Gasteiger partial charge on any atom is 0.417 e. The highest BCUT2D eigenvalue weighted by molar-refractivity contribution is 5.42. The summed E-state index contributed by atoms with van der Waals surface area (Å²) in [6.45, 7) is 0. The van der Waals surface area contributed by atoms with Crippen LogP contribution in [-0.4, -0.2) is 14.6 Å². The zero-order valence-electron chi connectivity index (χ0n) is 10.8. The number of halogens is 3. The summed E-state index contributed by atoms with van der Waals surface area (Å²) in [6.07, 6.45) is -3.00. The van der Waals surface area contributed by atoms with Gasteiger partial charge in [0.05, 0.1) is 5.56 Å². The molecule has 2 N–H and O–H groups in total. The molecular weight excluding hydrogens is 281 g/mol. The summed E-state index contributed by atoms with van der Waals surface area (Å²) < 4.78 is 39.6. The first-order chi connectivity index (χ1) is 9.93. The molecule has 108 valence electrons. The molecule has 1 aromatic carbocycles. The lowest BCUT2D eigenvalue weighted by Crippen LogP contribution is -2.07. The lowest BCUT2D eigenvalue weighted by atomic mass is 10.1. The summed E-state index contributed by atoms with van der Waals surface area (Å²) >= 11 is 0. The number of hydrogen-bond donors (Lipinski definition) is 1. The standard InChI is InChI=1S/C14H11F3N4/c15-14(16,17)10-3-6-12-19-20-13(21(12)8-10)7-9-1-4-11(18)5-2-9/h1-6,8H,7,18H2. The van der Waals surface area contributed by atoms with Crippen molar-refractivity contribution < 1.29 is 13.2 Å². The minimum absolute atomic E-state index is 0.378. The van der Waals surface area contributed by atoms with E-state index in [1.54, 1.807) is 12.1 Å². The molecule has 0 saturated heterocycles. The first-order valence-electron chi connectivity index (χ1n) is 6.19. The number of benzene rings is 1. The first kappa shape index (κ1) is 13.4. The van der Waals surface area contributed by atoms with Crippen molar-refractivity contribution in [2.24, 2.45) is 0 Å². The fourth-order valence-corrected chi connectivity index (χ4v) is 2.04. The number of pyridine rings is 1. The summed E-state index contributed by atoms with van der Waals surface area (Å²) in [5, 5.41) is 7.83. The van der Waals surface area contributed by atoms with Crippen LogP contribution in [0.3, 0.4) is 0 Å². The zero-order chi connectivity index (χ0) is 15.0. The summed E-state index contributed by atoms with van der Waals surface area (Å²) in [5.41, 5.74) is 6.78. The number of nitrogen functional groups attached to an aromatic ring is 1. The van der Waals surface area contributed by atoms with Crippen molar-refractivity contribution in [3.05, 3.63) is 59.5 Å². The van der Waals surface area contributed by atoms with E-state index in [-0.39, 0.29) is 0 Å². The average Bonchev–Trinajstić information content (AvgIpc) is 2.83. The molecule has 0 aliphatic heterocycles. The van der Waals surface area contributed by atoms with Crippen molar-refractivity contribution in [1.29, 1.82) is 0 Å². The Morgan fingerprint density at radius 2 is 1.71 bits per heavy atom. The van der Waals surface area contributed by atoms with E-state index in [1.165, 1.54) is 10.5 Å². The molecule has 2 heterocycles. The SMILES string of the molecule is Nc1ccc(Cc2nnc3ccc(C(F)(F)F)cn23)cc1. The fourth-order valence-electron chi connectivity index (χ4n) is 2.04.